The van der Waals surface area contributed by atoms with E-state index in [2.05, 4.69) is 22.4 Å². The first-order valence-electron chi connectivity index (χ1n) is 7.19. The Hall–Kier alpha value is -2.34. The van der Waals surface area contributed by atoms with Gasteiger partial charge < -0.3 is 15.0 Å². The van der Waals surface area contributed by atoms with Crippen molar-refractivity contribution in [1.29, 1.82) is 0 Å². The summed E-state index contributed by atoms with van der Waals surface area (Å²) in [7, 11) is 7.22. The molecule has 0 bridgehead atoms. The summed E-state index contributed by atoms with van der Waals surface area (Å²) in [6.07, 6.45) is 1.49. The largest absolute Gasteiger partial charge is 0.466 e. The van der Waals surface area contributed by atoms with E-state index in [-0.39, 0.29) is 5.97 Å². The van der Waals surface area contributed by atoms with E-state index in [1.165, 1.54) is 24.5 Å². The van der Waals surface area contributed by atoms with Crippen molar-refractivity contribution in [3.05, 3.63) is 35.2 Å². The number of nitrogens with one attached hydrogen (secondary N) is 1. The summed E-state index contributed by atoms with van der Waals surface area (Å²) >= 11 is 1.52. The first kappa shape index (κ1) is 17.0. The van der Waals surface area contributed by atoms with Gasteiger partial charge in [-0.25, -0.2) is 9.78 Å². The zero-order valence-corrected chi connectivity index (χ0v) is 14.8. The fourth-order valence-corrected chi connectivity index (χ4v) is 3.02. The van der Waals surface area contributed by atoms with Crippen molar-refractivity contribution in [3.8, 4) is 11.3 Å². The molecule has 2 aromatic rings. The van der Waals surface area contributed by atoms with Crippen LogP contribution in [0.3, 0.4) is 0 Å². The van der Waals surface area contributed by atoms with E-state index < -0.39 is 0 Å². The number of anilines is 2. The minimum atomic E-state index is -0.365. The van der Waals surface area contributed by atoms with E-state index in [0.717, 1.165) is 32.5 Å². The molecule has 0 saturated carbocycles. The Kier molecular flexibility index (Phi) is 5.39. The number of thiazole rings is 1. The van der Waals surface area contributed by atoms with Crippen molar-refractivity contribution >= 4 is 33.7 Å². The van der Waals surface area contributed by atoms with Gasteiger partial charge in [0.15, 0.2) is 5.13 Å². The first-order chi connectivity index (χ1) is 11.0. The van der Waals surface area contributed by atoms with E-state index >= 15 is 0 Å². The van der Waals surface area contributed by atoms with Crippen molar-refractivity contribution in [1.82, 2.24) is 4.98 Å². The van der Waals surface area contributed by atoms with Crippen LogP contribution in [0.4, 0.5) is 10.8 Å². The van der Waals surface area contributed by atoms with Crippen LogP contribution in [-0.4, -0.2) is 39.2 Å². The second kappa shape index (κ2) is 7.28. The van der Waals surface area contributed by atoms with Crippen LogP contribution in [0, 0.1) is 0 Å². The second-order valence-corrected chi connectivity index (χ2v) is 6.24. The minimum absolute atomic E-state index is 0.365. The highest BCUT2D eigenvalue weighted by molar-refractivity contribution is 7.17. The van der Waals surface area contributed by atoms with E-state index in [1.54, 1.807) is 0 Å². The van der Waals surface area contributed by atoms with Crippen LogP contribution in [0.1, 0.15) is 11.8 Å². The molecule has 0 aliphatic rings. The van der Waals surface area contributed by atoms with Gasteiger partial charge >= 0.3 is 5.97 Å². The maximum Gasteiger partial charge on any atom is 0.330 e. The van der Waals surface area contributed by atoms with Crippen LogP contribution in [0.25, 0.3) is 16.8 Å². The molecule has 0 aliphatic heterocycles. The summed E-state index contributed by atoms with van der Waals surface area (Å²) in [6, 6.07) is 8.19. The highest BCUT2D eigenvalue weighted by atomic mass is 32.1. The number of ether oxygens (including phenoxy) is 1. The number of benzene rings is 1. The van der Waals surface area contributed by atoms with Gasteiger partial charge in [0.1, 0.15) is 0 Å². The number of rotatable bonds is 5. The number of aromatic nitrogens is 1. The highest BCUT2D eigenvalue weighted by Crippen LogP contribution is 2.36. The molecular weight excluding hydrogens is 310 g/mol. The third-order valence-electron chi connectivity index (χ3n) is 3.39. The number of allylic oxidation sites excluding steroid dienone is 1. The van der Waals surface area contributed by atoms with Gasteiger partial charge in [0, 0.05) is 38.5 Å². The van der Waals surface area contributed by atoms with Crippen molar-refractivity contribution in [2.45, 2.75) is 6.92 Å². The van der Waals surface area contributed by atoms with Crippen molar-refractivity contribution in [2.75, 3.05) is 38.5 Å². The SMILES string of the molecule is CNc1nc(-c2ccc(N(C)C)cc2)c(/C(C)=C/C(=O)OC)s1. The fraction of sp³-hybridized carbons (Fsp3) is 0.294. The minimum Gasteiger partial charge on any atom is -0.466 e. The number of hydrogen-bond acceptors (Lipinski definition) is 6. The number of esters is 1. The van der Waals surface area contributed by atoms with Crippen molar-refractivity contribution in [3.63, 3.8) is 0 Å². The van der Waals surface area contributed by atoms with Crippen molar-refractivity contribution in [2.24, 2.45) is 0 Å². The lowest BCUT2D eigenvalue weighted by molar-refractivity contribution is -0.134. The molecule has 1 aromatic heterocycles. The Morgan fingerprint density at radius 2 is 1.96 bits per heavy atom. The maximum absolute atomic E-state index is 11.5. The van der Waals surface area contributed by atoms with Crippen LogP contribution in [0.15, 0.2) is 30.3 Å². The number of methoxy groups -OCH3 is 1. The average molecular weight is 331 g/mol. The van der Waals surface area contributed by atoms with Gasteiger partial charge in [-0.05, 0) is 24.6 Å². The molecule has 6 heteroatoms. The van der Waals surface area contributed by atoms with Crippen LogP contribution in [-0.2, 0) is 9.53 Å². The molecule has 0 unspecified atom stereocenters. The first-order valence-corrected chi connectivity index (χ1v) is 8.01. The molecule has 122 valence electrons. The quantitative estimate of drug-likeness (QED) is 0.671. The zero-order valence-electron chi connectivity index (χ0n) is 14.0. The number of hydrogen-bond donors (Lipinski definition) is 1. The number of carbonyl (C=O) groups excluding carboxylic acids is 1. The summed E-state index contributed by atoms with van der Waals surface area (Å²) in [4.78, 5) is 19.1. The molecule has 1 aromatic carbocycles. The Labute approximate surface area is 140 Å². The topological polar surface area (TPSA) is 54.5 Å². The third kappa shape index (κ3) is 3.90. The van der Waals surface area contributed by atoms with Gasteiger partial charge in [-0.15, -0.1) is 0 Å². The van der Waals surface area contributed by atoms with E-state index in [9.17, 15) is 4.79 Å². The monoisotopic (exact) mass is 331 g/mol. The molecule has 1 N–H and O–H groups in total. The summed E-state index contributed by atoms with van der Waals surface area (Å²) in [5.41, 5.74) is 3.84. The van der Waals surface area contributed by atoms with Gasteiger partial charge in [0.05, 0.1) is 17.7 Å². The highest BCUT2D eigenvalue weighted by Gasteiger charge is 2.15. The molecule has 0 fully saturated rings. The lowest BCUT2D eigenvalue weighted by Gasteiger charge is -2.12. The van der Waals surface area contributed by atoms with Gasteiger partial charge in [-0.2, -0.15) is 0 Å². The summed E-state index contributed by atoms with van der Waals surface area (Å²) in [5.74, 6) is -0.365. The fourth-order valence-electron chi connectivity index (χ4n) is 2.11. The maximum atomic E-state index is 11.5. The van der Waals surface area contributed by atoms with Crippen LogP contribution < -0.4 is 10.2 Å². The van der Waals surface area contributed by atoms with Gasteiger partial charge in [0.2, 0.25) is 0 Å². The Morgan fingerprint density at radius 3 is 2.48 bits per heavy atom. The Balaban J connectivity index is 2.47. The molecule has 5 nitrogen and oxygen atoms in total. The molecular formula is C17H21N3O2S. The Bertz CT molecular complexity index is 718. The zero-order chi connectivity index (χ0) is 17.0. The lowest BCUT2D eigenvalue weighted by Crippen LogP contribution is -2.07. The van der Waals surface area contributed by atoms with E-state index in [0.29, 0.717) is 0 Å². The standard InChI is InChI=1S/C17H21N3O2S/c1-11(10-14(21)22-5)16-15(19-17(18-2)23-16)12-6-8-13(9-7-12)20(3)4/h6-10H,1-5H3,(H,18,19)/b11-10+. The van der Waals surface area contributed by atoms with Crippen LogP contribution in [0.2, 0.25) is 0 Å². The normalized spacial score (nSPS) is 11.3. The Morgan fingerprint density at radius 1 is 1.30 bits per heavy atom. The van der Waals surface area contributed by atoms with Crippen LogP contribution >= 0.6 is 11.3 Å². The smallest absolute Gasteiger partial charge is 0.330 e. The molecule has 0 aliphatic carbocycles. The summed E-state index contributed by atoms with van der Waals surface area (Å²) in [5, 5.41) is 3.87. The molecule has 0 saturated heterocycles. The third-order valence-corrected chi connectivity index (χ3v) is 4.60. The molecule has 0 spiro atoms. The van der Waals surface area contributed by atoms with Crippen molar-refractivity contribution < 1.29 is 9.53 Å². The second-order valence-electron chi connectivity index (χ2n) is 5.24. The molecule has 0 amide bonds. The summed E-state index contributed by atoms with van der Waals surface area (Å²) in [6.45, 7) is 1.89. The van der Waals surface area contributed by atoms with Gasteiger partial charge in [0.25, 0.3) is 0 Å². The van der Waals surface area contributed by atoms with E-state index in [4.69, 9.17) is 4.74 Å². The van der Waals surface area contributed by atoms with Gasteiger partial charge in [-0.3, -0.25) is 0 Å². The molecule has 0 atom stereocenters. The predicted octanol–water partition coefficient (Wildman–Crippen LogP) is 3.49. The predicted molar refractivity (Wildman–Crippen MR) is 97.1 cm³/mol. The number of carbonyl (C=O) groups is 1. The molecule has 0 radical (unpaired) electrons. The molecule has 23 heavy (non-hydrogen) atoms. The molecule has 2 rings (SSSR count). The van der Waals surface area contributed by atoms with Gasteiger partial charge in [-0.1, -0.05) is 23.5 Å². The summed E-state index contributed by atoms with van der Waals surface area (Å²) < 4.78 is 4.71. The average Bonchev–Trinajstić information content (AvgIpc) is 2.99. The molecule has 1 heterocycles. The van der Waals surface area contributed by atoms with Crippen LogP contribution in [0.5, 0.6) is 0 Å². The van der Waals surface area contributed by atoms with E-state index in [1.807, 2.05) is 45.1 Å². The number of nitrogens with zero attached hydrogens (tertiary/aromatic N) is 2. The lowest BCUT2D eigenvalue weighted by atomic mass is 10.1.